The Morgan fingerprint density at radius 2 is 2.00 bits per heavy atom. The van der Waals surface area contributed by atoms with E-state index in [2.05, 4.69) is 15.6 Å². The summed E-state index contributed by atoms with van der Waals surface area (Å²) in [6, 6.07) is 15.2. The average molecular weight is 482 g/mol. The predicted molar refractivity (Wildman–Crippen MR) is 132 cm³/mol. The third kappa shape index (κ3) is 5.08. The first kappa shape index (κ1) is 22.6. The third-order valence-electron chi connectivity index (χ3n) is 4.75. The van der Waals surface area contributed by atoms with Crippen molar-refractivity contribution >= 4 is 51.6 Å². The molecule has 7 nitrogen and oxygen atoms in total. The number of thiocarbonyl (C=S) groups is 1. The number of amides is 1. The van der Waals surface area contributed by atoms with Crippen molar-refractivity contribution in [1.82, 2.24) is 10.3 Å². The minimum atomic E-state index is -0.431. The molecular weight excluding hydrogens is 462 g/mol. The van der Waals surface area contributed by atoms with E-state index >= 15 is 0 Å². The number of ether oxygens (including phenoxy) is 1. The van der Waals surface area contributed by atoms with Gasteiger partial charge in [-0.1, -0.05) is 17.7 Å². The Hall–Kier alpha value is -3.62. The van der Waals surface area contributed by atoms with Crippen molar-refractivity contribution in [2.24, 2.45) is 0 Å². The quantitative estimate of drug-likeness (QED) is 0.315. The molecule has 9 heteroatoms. The fourth-order valence-corrected chi connectivity index (χ4v) is 3.64. The number of oxazole rings is 1. The van der Waals surface area contributed by atoms with E-state index < -0.39 is 5.91 Å². The molecule has 0 aliphatic rings. The van der Waals surface area contributed by atoms with E-state index in [9.17, 15) is 9.90 Å². The number of hydrogen-bond donors (Lipinski definition) is 3. The first-order valence-electron chi connectivity index (χ1n) is 10.1. The second-order valence-electron chi connectivity index (χ2n) is 7.21. The van der Waals surface area contributed by atoms with Crippen molar-refractivity contribution in [1.29, 1.82) is 0 Å². The van der Waals surface area contributed by atoms with Gasteiger partial charge in [-0.15, -0.1) is 0 Å². The van der Waals surface area contributed by atoms with Crippen molar-refractivity contribution in [2.75, 3.05) is 11.9 Å². The van der Waals surface area contributed by atoms with Crippen molar-refractivity contribution < 1.29 is 19.1 Å². The number of hydrogen-bond acceptors (Lipinski definition) is 6. The van der Waals surface area contributed by atoms with E-state index in [0.29, 0.717) is 51.2 Å². The lowest BCUT2D eigenvalue weighted by Crippen LogP contribution is -2.34. The first-order chi connectivity index (χ1) is 15.8. The number of carbonyl (C=O) groups is 1. The van der Waals surface area contributed by atoms with Crippen LogP contribution in [0.3, 0.4) is 0 Å². The standard InChI is InChI=1S/C24H20ClN3O4S/c1-3-31-20-9-5-14(11-17(20)25)22(30)28-24(33)26-15-6-7-16(19(29)12-15)23-27-18-8-4-13(2)10-21(18)32-23/h4-12,29H,3H2,1-2H3,(H2,26,28,30,33). The number of nitrogens with one attached hydrogen (secondary N) is 2. The van der Waals surface area contributed by atoms with Gasteiger partial charge in [0.25, 0.3) is 5.91 Å². The van der Waals surface area contributed by atoms with Gasteiger partial charge in [0.1, 0.15) is 17.0 Å². The lowest BCUT2D eigenvalue weighted by molar-refractivity contribution is 0.0977. The number of anilines is 1. The lowest BCUT2D eigenvalue weighted by Gasteiger charge is -2.12. The van der Waals surface area contributed by atoms with Crippen LogP contribution in [0.2, 0.25) is 5.02 Å². The van der Waals surface area contributed by atoms with Crippen molar-refractivity contribution in [3.63, 3.8) is 0 Å². The number of benzene rings is 3. The Morgan fingerprint density at radius 1 is 1.18 bits per heavy atom. The highest BCUT2D eigenvalue weighted by Gasteiger charge is 2.15. The summed E-state index contributed by atoms with van der Waals surface area (Å²) in [5, 5.41) is 16.4. The van der Waals surface area contributed by atoms with E-state index in [0.717, 1.165) is 5.56 Å². The van der Waals surface area contributed by atoms with Crippen LogP contribution in [-0.4, -0.2) is 27.7 Å². The van der Waals surface area contributed by atoms with Gasteiger partial charge in [0, 0.05) is 17.3 Å². The zero-order valence-corrected chi connectivity index (χ0v) is 19.4. The minimum Gasteiger partial charge on any atom is -0.507 e. The summed E-state index contributed by atoms with van der Waals surface area (Å²) in [5.74, 6) is 0.333. The zero-order chi connectivity index (χ0) is 23.5. The van der Waals surface area contributed by atoms with Crippen LogP contribution in [0.5, 0.6) is 11.5 Å². The van der Waals surface area contributed by atoms with Crippen LogP contribution in [0.25, 0.3) is 22.6 Å². The summed E-state index contributed by atoms with van der Waals surface area (Å²) in [7, 11) is 0. The first-order valence-corrected chi connectivity index (χ1v) is 10.9. The second kappa shape index (κ2) is 9.48. The topological polar surface area (TPSA) is 96.6 Å². The third-order valence-corrected chi connectivity index (χ3v) is 5.25. The summed E-state index contributed by atoms with van der Waals surface area (Å²) < 4.78 is 11.1. The maximum absolute atomic E-state index is 12.5. The number of rotatable bonds is 5. The SMILES string of the molecule is CCOc1ccc(C(=O)NC(=S)Nc2ccc(-c3nc4ccc(C)cc4o3)c(O)c2)cc1Cl. The van der Waals surface area contributed by atoms with Crippen LogP contribution >= 0.6 is 23.8 Å². The van der Waals surface area contributed by atoms with E-state index in [1.54, 1.807) is 24.3 Å². The van der Waals surface area contributed by atoms with E-state index in [-0.39, 0.29) is 10.9 Å². The Balaban J connectivity index is 1.44. The Bertz CT molecular complexity index is 1370. The number of phenolic OH excluding ortho intramolecular Hbond substituents is 1. The van der Waals surface area contributed by atoms with Gasteiger partial charge >= 0.3 is 0 Å². The largest absolute Gasteiger partial charge is 0.507 e. The van der Waals surface area contributed by atoms with Crippen molar-refractivity contribution in [3.05, 3.63) is 70.7 Å². The molecule has 168 valence electrons. The molecular formula is C24H20ClN3O4S. The van der Waals surface area contributed by atoms with E-state index in [1.165, 1.54) is 12.1 Å². The average Bonchev–Trinajstić information content (AvgIpc) is 3.18. The van der Waals surface area contributed by atoms with Crippen molar-refractivity contribution in [2.45, 2.75) is 13.8 Å². The van der Waals surface area contributed by atoms with Crippen molar-refractivity contribution in [3.8, 4) is 23.0 Å². The van der Waals surface area contributed by atoms with Gasteiger partial charge < -0.3 is 19.6 Å². The number of carbonyl (C=O) groups excluding carboxylic acids is 1. The highest BCUT2D eigenvalue weighted by atomic mass is 35.5. The summed E-state index contributed by atoms with van der Waals surface area (Å²) in [6.07, 6.45) is 0. The van der Waals surface area contributed by atoms with Crippen LogP contribution < -0.4 is 15.4 Å². The highest BCUT2D eigenvalue weighted by molar-refractivity contribution is 7.80. The van der Waals surface area contributed by atoms with Gasteiger partial charge in [0.05, 0.1) is 17.2 Å². The summed E-state index contributed by atoms with van der Waals surface area (Å²) in [5.41, 5.74) is 3.65. The molecule has 3 aromatic carbocycles. The maximum Gasteiger partial charge on any atom is 0.257 e. The molecule has 1 amide bonds. The van der Waals surface area contributed by atoms with Gasteiger partial charge in [-0.2, -0.15) is 0 Å². The molecule has 0 aliphatic heterocycles. The Kier molecular flexibility index (Phi) is 6.48. The summed E-state index contributed by atoms with van der Waals surface area (Å²) in [4.78, 5) is 16.9. The monoisotopic (exact) mass is 481 g/mol. The molecule has 1 heterocycles. The molecule has 0 unspecified atom stereocenters. The molecule has 33 heavy (non-hydrogen) atoms. The summed E-state index contributed by atoms with van der Waals surface area (Å²) >= 11 is 11.4. The fraction of sp³-hybridized carbons (Fsp3) is 0.125. The zero-order valence-electron chi connectivity index (χ0n) is 17.8. The van der Waals surface area contributed by atoms with Crippen LogP contribution in [0, 0.1) is 6.92 Å². The number of fused-ring (bicyclic) bond motifs is 1. The molecule has 0 bridgehead atoms. The predicted octanol–water partition coefficient (Wildman–Crippen LogP) is 5.69. The molecule has 0 radical (unpaired) electrons. The normalized spacial score (nSPS) is 10.8. The molecule has 1 aromatic heterocycles. The van der Waals surface area contributed by atoms with E-state index in [4.69, 9.17) is 33.0 Å². The molecule has 0 spiro atoms. The molecule has 3 N–H and O–H groups in total. The molecule has 0 atom stereocenters. The molecule has 0 aliphatic carbocycles. The number of halogens is 1. The minimum absolute atomic E-state index is 0.0456. The number of nitrogens with zero attached hydrogens (tertiary/aromatic N) is 1. The Morgan fingerprint density at radius 3 is 2.73 bits per heavy atom. The lowest BCUT2D eigenvalue weighted by atomic mass is 10.2. The molecule has 4 rings (SSSR count). The molecule has 0 saturated heterocycles. The fourth-order valence-electron chi connectivity index (χ4n) is 3.19. The molecule has 0 fully saturated rings. The number of aromatic nitrogens is 1. The van der Waals surface area contributed by atoms with Gasteiger partial charge in [-0.3, -0.25) is 10.1 Å². The van der Waals surface area contributed by atoms with Gasteiger partial charge in [-0.25, -0.2) is 4.98 Å². The van der Waals surface area contributed by atoms with Crippen LogP contribution in [0.1, 0.15) is 22.8 Å². The van der Waals surface area contributed by atoms with Gasteiger partial charge in [-0.05, 0) is 74.1 Å². The highest BCUT2D eigenvalue weighted by Crippen LogP contribution is 2.33. The maximum atomic E-state index is 12.5. The molecule has 0 saturated carbocycles. The molecule has 4 aromatic rings. The van der Waals surface area contributed by atoms with Crippen LogP contribution in [-0.2, 0) is 0 Å². The van der Waals surface area contributed by atoms with E-state index in [1.807, 2.05) is 32.0 Å². The summed E-state index contributed by atoms with van der Waals surface area (Å²) in [6.45, 7) is 4.28. The number of aromatic hydroxyl groups is 1. The van der Waals surface area contributed by atoms with Gasteiger partial charge in [0.15, 0.2) is 10.7 Å². The van der Waals surface area contributed by atoms with Gasteiger partial charge in [0.2, 0.25) is 5.89 Å². The smallest absolute Gasteiger partial charge is 0.257 e. The number of phenols is 1. The Labute approximate surface area is 200 Å². The van der Waals surface area contributed by atoms with Crippen LogP contribution in [0.15, 0.2) is 59.0 Å². The number of aryl methyl sites for hydroxylation is 1. The van der Waals surface area contributed by atoms with Crippen LogP contribution in [0.4, 0.5) is 5.69 Å². The second-order valence-corrected chi connectivity index (χ2v) is 8.02.